The highest BCUT2D eigenvalue weighted by atomic mass is 15.2. The van der Waals surface area contributed by atoms with E-state index in [-0.39, 0.29) is 0 Å². The fraction of sp³-hybridized carbons (Fsp3) is 0.333. The van der Waals surface area contributed by atoms with E-state index in [2.05, 4.69) is 89.2 Å². The highest BCUT2D eigenvalue weighted by Gasteiger charge is 2.28. The maximum absolute atomic E-state index is 5.04. The standard InChI is InChI=1S/C30H32N4/c1-3-9-22(10-4-1)21-34-17-15-25(16-18-34)32-30-31-20-24-19-28(23-11-5-2-6-12-23)26-13-7-8-14-27(26)29(24)33-30/h1,3-5,7-14,20,25,28H,2,6,15-19,21H2,(H,31,32,33). The second-order valence-corrected chi connectivity index (χ2v) is 9.78. The first-order valence-electron chi connectivity index (χ1n) is 12.7. The molecule has 3 aromatic rings. The van der Waals surface area contributed by atoms with Crippen molar-refractivity contribution in [1.82, 2.24) is 14.9 Å². The second-order valence-electron chi connectivity index (χ2n) is 9.78. The minimum absolute atomic E-state index is 0.400. The van der Waals surface area contributed by atoms with Crippen LogP contribution in [0.25, 0.3) is 11.3 Å². The van der Waals surface area contributed by atoms with Crippen molar-refractivity contribution in [1.29, 1.82) is 0 Å². The van der Waals surface area contributed by atoms with Crippen LogP contribution in [0.2, 0.25) is 0 Å². The van der Waals surface area contributed by atoms with Crippen LogP contribution < -0.4 is 5.32 Å². The zero-order valence-electron chi connectivity index (χ0n) is 19.7. The Morgan fingerprint density at radius 1 is 0.941 bits per heavy atom. The van der Waals surface area contributed by atoms with E-state index < -0.39 is 0 Å². The summed E-state index contributed by atoms with van der Waals surface area (Å²) in [7, 11) is 0. The van der Waals surface area contributed by atoms with E-state index in [1.54, 1.807) is 0 Å². The van der Waals surface area contributed by atoms with Crippen LogP contribution in [-0.4, -0.2) is 34.0 Å². The highest BCUT2D eigenvalue weighted by molar-refractivity contribution is 5.72. The summed E-state index contributed by atoms with van der Waals surface area (Å²) in [6.45, 7) is 3.24. The lowest BCUT2D eigenvalue weighted by Gasteiger charge is -2.33. The third kappa shape index (κ3) is 4.43. The third-order valence-electron chi connectivity index (χ3n) is 7.48. The summed E-state index contributed by atoms with van der Waals surface area (Å²) in [5, 5.41) is 3.65. The van der Waals surface area contributed by atoms with Crippen molar-refractivity contribution in [3.05, 3.63) is 101 Å². The predicted molar refractivity (Wildman–Crippen MR) is 139 cm³/mol. The molecule has 1 fully saturated rings. The molecule has 0 bridgehead atoms. The van der Waals surface area contributed by atoms with E-state index in [0.29, 0.717) is 12.0 Å². The quantitative estimate of drug-likeness (QED) is 0.509. The molecule has 34 heavy (non-hydrogen) atoms. The molecule has 1 aliphatic heterocycles. The first-order chi connectivity index (χ1) is 16.8. The number of nitrogens with one attached hydrogen (secondary N) is 1. The van der Waals surface area contributed by atoms with Crippen LogP contribution in [0.1, 0.15) is 48.3 Å². The number of hydrogen-bond acceptors (Lipinski definition) is 4. The van der Waals surface area contributed by atoms with Crippen LogP contribution in [0.5, 0.6) is 0 Å². The van der Waals surface area contributed by atoms with Crippen molar-refractivity contribution in [2.45, 2.75) is 50.6 Å². The van der Waals surface area contributed by atoms with Gasteiger partial charge in [-0.1, -0.05) is 72.8 Å². The van der Waals surface area contributed by atoms with Crippen LogP contribution >= 0.6 is 0 Å². The first-order valence-corrected chi connectivity index (χ1v) is 12.7. The monoisotopic (exact) mass is 448 g/mol. The summed E-state index contributed by atoms with van der Waals surface area (Å²) in [5.74, 6) is 1.17. The van der Waals surface area contributed by atoms with Crippen molar-refractivity contribution < 1.29 is 0 Å². The van der Waals surface area contributed by atoms with Crippen molar-refractivity contribution in [3.8, 4) is 11.3 Å². The number of nitrogens with zero attached hydrogens (tertiary/aromatic N) is 3. The lowest BCUT2D eigenvalue weighted by Crippen LogP contribution is -2.39. The van der Waals surface area contributed by atoms with Crippen LogP contribution in [0.3, 0.4) is 0 Å². The van der Waals surface area contributed by atoms with E-state index in [1.807, 2.05) is 0 Å². The molecule has 1 saturated heterocycles. The Kier molecular flexibility index (Phi) is 5.99. The van der Waals surface area contributed by atoms with Crippen LogP contribution in [0, 0.1) is 0 Å². The Hall–Kier alpha value is -3.24. The summed E-state index contributed by atoms with van der Waals surface area (Å²) in [6.07, 6.45) is 14.6. The van der Waals surface area contributed by atoms with E-state index >= 15 is 0 Å². The smallest absolute Gasteiger partial charge is 0.223 e. The molecule has 1 atom stereocenters. The average Bonchev–Trinajstić information content (AvgIpc) is 2.90. The number of piperidine rings is 1. The van der Waals surface area contributed by atoms with Gasteiger partial charge in [-0.2, -0.15) is 0 Å². The Bertz CT molecular complexity index is 1210. The van der Waals surface area contributed by atoms with Gasteiger partial charge in [-0.25, -0.2) is 9.97 Å². The van der Waals surface area contributed by atoms with Gasteiger partial charge in [-0.3, -0.25) is 4.90 Å². The lowest BCUT2D eigenvalue weighted by molar-refractivity contribution is 0.211. The van der Waals surface area contributed by atoms with E-state index in [0.717, 1.165) is 63.4 Å². The Labute approximate surface area is 202 Å². The molecule has 172 valence electrons. The Morgan fingerprint density at radius 2 is 1.76 bits per heavy atom. The molecule has 1 aromatic heterocycles. The number of fused-ring (bicyclic) bond motifs is 3. The number of hydrogen-bond donors (Lipinski definition) is 1. The topological polar surface area (TPSA) is 41.1 Å². The molecule has 3 aliphatic rings. The van der Waals surface area contributed by atoms with Crippen LogP contribution in [-0.2, 0) is 13.0 Å². The minimum atomic E-state index is 0.400. The van der Waals surface area contributed by atoms with E-state index in [9.17, 15) is 0 Å². The number of allylic oxidation sites excluding steroid dienone is 4. The molecular formula is C30H32N4. The molecule has 2 heterocycles. The number of benzene rings is 2. The van der Waals surface area contributed by atoms with Crippen molar-refractivity contribution in [2.75, 3.05) is 18.4 Å². The second kappa shape index (κ2) is 9.55. The normalized spacial score (nSPS) is 20.4. The number of rotatable bonds is 5. The van der Waals surface area contributed by atoms with Gasteiger partial charge in [-0.15, -0.1) is 0 Å². The molecule has 0 amide bonds. The van der Waals surface area contributed by atoms with Gasteiger partial charge in [0.1, 0.15) is 0 Å². The highest BCUT2D eigenvalue weighted by Crippen LogP contribution is 2.43. The lowest BCUT2D eigenvalue weighted by atomic mass is 9.76. The largest absolute Gasteiger partial charge is 0.351 e. The third-order valence-corrected chi connectivity index (χ3v) is 7.48. The van der Waals surface area contributed by atoms with Gasteiger partial charge in [0.05, 0.1) is 5.69 Å². The average molecular weight is 449 g/mol. The SMILES string of the molecule is C1=CC(C2Cc3cnc(NC4CCN(Cc5ccccc5)CC4)nc3-c3ccccc32)=CCC1. The predicted octanol–water partition coefficient (Wildman–Crippen LogP) is 6.14. The van der Waals surface area contributed by atoms with Crippen LogP contribution in [0.4, 0.5) is 5.95 Å². The maximum atomic E-state index is 5.04. The fourth-order valence-corrected chi connectivity index (χ4v) is 5.65. The number of anilines is 1. The van der Waals surface area contributed by atoms with E-state index in [1.165, 1.54) is 27.8 Å². The van der Waals surface area contributed by atoms with Crippen molar-refractivity contribution in [3.63, 3.8) is 0 Å². The molecule has 2 aromatic carbocycles. The van der Waals surface area contributed by atoms with Crippen molar-refractivity contribution >= 4 is 5.95 Å². The molecule has 6 rings (SSSR count). The molecular weight excluding hydrogens is 416 g/mol. The molecule has 0 saturated carbocycles. The Balaban J connectivity index is 1.16. The molecule has 0 radical (unpaired) electrons. The van der Waals surface area contributed by atoms with Gasteiger partial charge in [-0.05, 0) is 54.4 Å². The van der Waals surface area contributed by atoms with Gasteiger partial charge in [0.2, 0.25) is 5.95 Å². The molecule has 2 aliphatic carbocycles. The molecule has 1 N–H and O–H groups in total. The van der Waals surface area contributed by atoms with Gasteiger partial charge >= 0.3 is 0 Å². The van der Waals surface area contributed by atoms with E-state index in [4.69, 9.17) is 9.97 Å². The molecule has 4 heteroatoms. The molecule has 1 unspecified atom stereocenters. The van der Waals surface area contributed by atoms with Gasteiger partial charge < -0.3 is 5.32 Å². The minimum Gasteiger partial charge on any atom is -0.351 e. The summed E-state index contributed by atoms with van der Waals surface area (Å²) >= 11 is 0. The fourth-order valence-electron chi connectivity index (χ4n) is 5.65. The van der Waals surface area contributed by atoms with Gasteiger partial charge in [0.15, 0.2) is 0 Å². The first kappa shape index (κ1) is 21.3. The molecule has 4 nitrogen and oxygen atoms in total. The number of likely N-dealkylation sites (tertiary alicyclic amines) is 1. The summed E-state index contributed by atoms with van der Waals surface area (Å²) in [4.78, 5) is 12.3. The summed E-state index contributed by atoms with van der Waals surface area (Å²) in [6, 6.07) is 20.0. The summed E-state index contributed by atoms with van der Waals surface area (Å²) in [5.41, 5.74) is 7.85. The number of aromatic nitrogens is 2. The zero-order chi connectivity index (χ0) is 22.7. The Morgan fingerprint density at radius 3 is 2.59 bits per heavy atom. The van der Waals surface area contributed by atoms with Crippen LogP contribution in [0.15, 0.2) is 84.6 Å². The summed E-state index contributed by atoms with van der Waals surface area (Å²) < 4.78 is 0. The zero-order valence-corrected chi connectivity index (χ0v) is 19.7. The van der Waals surface area contributed by atoms with Gasteiger partial charge in [0.25, 0.3) is 0 Å². The maximum Gasteiger partial charge on any atom is 0.223 e. The van der Waals surface area contributed by atoms with Gasteiger partial charge in [0, 0.05) is 43.4 Å². The molecule has 0 spiro atoms. The van der Waals surface area contributed by atoms with Crippen molar-refractivity contribution in [2.24, 2.45) is 0 Å².